The minimum atomic E-state index is -0.385. The van der Waals surface area contributed by atoms with E-state index in [9.17, 15) is 4.79 Å². The number of rotatable bonds is 4. The topological polar surface area (TPSA) is 46.3 Å². The Morgan fingerprint density at radius 1 is 1.33 bits per heavy atom. The third-order valence-electron chi connectivity index (χ3n) is 2.07. The van der Waals surface area contributed by atoms with E-state index in [0.717, 1.165) is 18.5 Å². The number of hydrogen-bond donors (Lipinski definition) is 1. The van der Waals surface area contributed by atoms with Crippen LogP contribution in [0.2, 0.25) is 0 Å². The van der Waals surface area contributed by atoms with E-state index in [1.165, 1.54) is 0 Å². The van der Waals surface area contributed by atoms with Gasteiger partial charge in [-0.05, 0) is 18.6 Å². The zero-order valence-corrected chi connectivity index (χ0v) is 9.67. The zero-order valence-electron chi connectivity index (χ0n) is 8.85. The SMILES string of the molecule is CCCCN(C(N)=O)c1ccccc1.Cl. The highest BCUT2D eigenvalue weighted by molar-refractivity contribution is 5.90. The molecule has 0 bridgehead atoms. The molecule has 0 saturated heterocycles. The van der Waals surface area contributed by atoms with Gasteiger partial charge in [-0.25, -0.2) is 4.79 Å². The molecule has 1 aromatic carbocycles. The number of urea groups is 1. The van der Waals surface area contributed by atoms with Gasteiger partial charge in [0.05, 0.1) is 0 Å². The Bertz CT molecular complexity index is 290. The van der Waals surface area contributed by atoms with E-state index in [2.05, 4.69) is 6.92 Å². The van der Waals surface area contributed by atoms with Crippen molar-refractivity contribution in [1.82, 2.24) is 0 Å². The second-order valence-corrected chi connectivity index (χ2v) is 3.18. The van der Waals surface area contributed by atoms with Crippen LogP contribution in [0, 0.1) is 0 Å². The first kappa shape index (κ1) is 13.8. The first-order chi connectivity index (χ1) is 6.75. The van der Waals surface area contributed by atoms with Crippen LogP contribution in [0.3, 0.4) is 0 Å². The van der Waals surface area contributed by atoms with Crippen molar-refractivity contribution in [2.75, 3.05) is 11.4 Å². The monoisotopic (exact) mass is 228 g/mol. The standard InChI is InChI=1S/C11H16N2O.ClH/c1-2-3-9-13(11(12)14)10-7-5-4-6-8-10;/h4-8H,2-3,9H2,1H3,(H2,12,14);1H. The summed E-state index contributed by atoms with van der Waals surface area (Å²) in [6.07, 6.45) is 2.02. The molecule has 0 atom stereocenters. The molecule has 0 unspecified atom stereocenters. The summed E-state index contributed by atoms with van der Waals surface area (Å²) in [5, 5.41) is 0. The van der Waals surface area contributed by atoms with Gasteiger partial charge in [-0.2, -0.15) is 0 Å². The molecule has 0 aromatic heterocycles. The number of primary amides is 1. The lowest BCUT2D eigenvalue weighted by Crippen LogP contribution is -2.36. The van der Waals surface area contributed by atoms with Gasteiger partial charge in [0, 0.05) is 12.2 Å². The van der Waals surface area contributed by atoms with Crippen LogP contribution in [0.4, 0.5) is 10.5 Å². The zero-order chi connectivity index (χ0) is 10.4. The van der Waals surface area contributed by atoms with Crippen molar-refractivity contribution in [3.05, 3.63) is 30.3 Å². The summed E-state index contributed by atoms with van der Waals surface area (Å²) < 4.78 is 0. The van der Waals surface area contributed by atoms with Gasteiger partial charge in [-0.3, -0.25) is 4.90 Å². The van der Waals surface area contributed by atoms with Crippen LogP contribution >= 0.6 is 12.4 Å². The second-order valence-electron chi connectivity index (χ2n) is 3.18. The number of nitrogens with zero attached hydrogens (tertiary/aromatic N) is 1. The summed E-state index contributed by atoms with van der Waals surface area (Å²) in [5.41, 5.74) is 6.17. The van der Waals surface area contributed by atoms with Gasteiger partial charge in [0.2, 0.25) is 0 Å². The predicted octanol–water partition coefficient (Wildman–Crippen LogP) is 2.79. The number of anilines is 1. The molecule has 1 aromatic rings. The van der Waals surface area contributed by atoms with Crippen molar-refractivity contribution < 1.29 is 4.79 Å². The number of carbonyl (C=O) groups excluding carboxylic acids is 1. The molecule has 3 nitrogen and oxygen atoms in total. The summed E-state index contributed by atoms with van der Waals surface area (Å²) in [6, 6.07) is 9.11. The largest absolute Gasteiger partial charge is 0.351 e. The molecule has 84 valence electrons. The number of amides is 2. The highest BCUT2D eigenvalue weighted by Gasteiger charge is 2.09. The molecule has 0 fully saturated rings. The molecule has 2 N–H and O–H groups in total. The number of para-hydroxylation sites is 1. The molecule has 0 heterocycles. The fourth-order valence-corrected chi connectivity index (χ4v) is 1.29. The number of halogens is 1. The summed E-state index contributed by atoms with van der Waals surface area (Å²) in [7, 11) is 0. The molecule has 0 spiro atoms. The van der Waals surface area contributed by atoms with Crippen molar-refractivity contribution in [3.63, 3.8) is 0 Å². The average molecular weight is 229 g/mol. The van der Waals surface area contributed by atoms with Gasteiger partial charge >= 0.3 is 6.03 Å². The molecule has 0 aliphatic carbocycles. The van der Waals surface area contributed by atoms with E-state index in [-0.39, 0.29) is 18.4 Å². The van der Waals surface area contributed by atoms with Gasteiger partial charge in [-0.15, -0.1) is 12.4 Å². The van der Waals surface area contributed by atoms with Crippen LogP contribution in [0.1, 0.15) is 19.8 Å². The molecule has 2 amide bonds. The third-order valence-corrected chi connectivity index (χ3v) is 2.07. The Labute approximate surface area is 96.7 Å². The van der Waals surface area contributed by atoms with Gasteiger partial charge in [0.1, 0.15) is 0 Å². The van der Waals surface area contributed by atoms with Crippen molar-refractivity contribution in [3.8, 4) is 0 Å². The fourth-order valence-electron chi connectivity index (χ4n) is 1.29. The van der Waals surface area contributed by atoms with Crippen molar-refractivity contribution >= 4 is 24.1 Å². The van der Waals surface area contributed by atoms with E-state index < -0.39 is 0 Å². The maximum Gasteiger partial charge on any atom is 0.319 e. The number of unbranched alkanes of at least 4 members (excludes halogenated alkanes) is 1. The molecular formula is C11H17ClN2O. The Morgan fingerprint density at radius 2 is 1.93 bits per heavy atom. The quantitative estimate of drug-likeness (QED) is 0.847. The highest BCUT2D eigenvalue weighted by Crippen LogP contribution is 2.13. The number of carbonyl (C=O) groups is 1. The van der Waals surface area contributed by atoms with Crippen LogP contribution in [-0.2, 0) is 0 Å². The van der Waals surface area contributed by atoms with Crippen LogP contribution in [-0.4, -0.2) is 12.6 Å². The Kier molecular flexibility index (Phi) is 6.54. The fraction of sp³-hybridized carbons (Fsp3) is 0.364. The molecular weight excluding hydrogens is 212 g/mol. The molecule has 1 rings (SSSR count). The van der Waals surface area contributed by atoms with Crippen LogP contribution in [0.25, 0.3) is 0 Å². The van der Waals surface area contributed by atoms with E-state index in [0.29, 0.717) is 6.54 Å². The van der Waals surface area contributed by atoms with E-state index >= 15 is 0 Å². The first-order valence-electron chi connectivity index (χ1n) is 4.87. The summed E-state index contributed by atoms with van der Waals surface area (Å²) in [6.45, 7) is 2.78. The number of benzene rings is 1. The Hall–Kier alpha value is -1.22. The molecule has 0 radical (unpaired) electrons. The summed E-state index contributed by atoms with van der Waals surface area (Å²) in [5.74, 6) is 0. The van der Waals surface area contributed by atoms with Crippen molar-refractivity contribution in [2.24, 2.45) is 5.73 Å². The summed E-state index contributed by atoms with van der Waals surface area (Å²) in [4.78, 5) is 12.8. The van der Waals surface area contributed by atoms with Crippen LogP contribution < -0.4 is 10.6 Å². The van der Waals surface area contributed by atoms with E-state index in [4.69, 9.17) is 5.73 Å². The minimum absolute atomic E-state index is 0. The normalized spacial score (nSPS) is 9.13. The van der Waals surface area contributed by atoms with E-state index in [1.54, 1.807) is 4.90 Å². The smallest absolute Gasteiger partial charge is 0.319 e. The predicted molar refractivity (Wildman–Crippen MR) is 65.5 cm³/mol. The highest BCUT2D eigenvalue weighted by atomic mass is 35.5. The Balaban J connectivity index is 0.00000196. The molecule has 15 heavy (non-hydrogen) atoms. The maximum atomic E-state index is 11.2. The molecule has 4 heteroatoms. The number of nitrogens with two attached hydrogens (primary N) is 1. The van der Waals surface area contributed by atoms with Crippen molar-refractivity contribution in [1.29, 1.82) is 0 Å². The Morgan fingerprint density at radius 3 is 2.40 bits per heavy atom. The lowest BCUT2D eigenvalue weighted by Gasteiger charge is -2.19. The molecule has 0 aliphatic heterocycles. The summed E-state index contributed by atoms with van der Waals surface area (Å²) >= 11 is 0. The molecule has 0 saturated carbocycles. The average Bonchev–Trinajstić information content (AvgIpc) is 2.19. The van der Waals surface area contributed by atoms with Crippen LogP contribution in [0.15, 0.2) is 30.3 Å². The lowest BCUT2D eigenvalue weighted by atomic mass is 10.2. The first-order valence-corrected chi connectivity index (χ1v) is 4.87. The lowest BCUT2D eigenvalue weighted by molar-refractivity contribution is 0.254. The van der Waals surface area contributed by atoms with Gasteiger partial charge in [0.25, 0.3) is 0 Å². The number of hydrogen-bond acceptors (Lipinski definition) is 1. The van der Waals surface area contributed by atoms with Gasteiger partial charge in [0.15, 0.2) is 0 Å². The third kappa shape index (κ3) is 4.21. The maximum absolute atomic E-state index is 11.2. The van der Waals surface area contributed by atoms with Crippen molar-refractivity contribution in [2.45, 2.75) is 19.8 Å². The second kappa shape index (κ2) is 7.12. The molecule has 0 aliphatic rings. The van der Waals surface area contributed by atoms with E-state index in [1.807, 2.05) is 30.3 Å². The van der Waals surface area contributed by atoms with Gasteiger partial charge < -0.3 is 5.73 Å². The van der Waals surface area contributed by atoms with Gasteiger partial charge in [-0.1, -0.05) is 31.5 Å². The minimum Gasteiger partial charge on any atom is -0.351 e. The van der Waals surface area contributed by atoms with Crippen LogP contribution in [0.5, 0.6) is 0 Å².